The van der Waals surface area contributed by atoms with Gasteiger partial charge in [0.05, 0.1) is 0 Å². The molecule has 2 aliphatic rings. The van der Waals surface area contributed by atoms with E-state index in [1.165, 1.54) is 12.8 Å². The minimum Gasteiger partial charge on any atom is -0.354 e. The van der Waals surface area contributed by atoms with E-state index in [1.807, 2.05) is 12.3 Å². The zero-order chi connectivity index (χ0) is 12.4. The Bertz CT molecular complexity index is 369. The first-order chi connectivity index (χ1) is 8.88. The molecule has 1 saturated carbocycles. The number of anilines is 1. The summed E-state index contributed by atoms with van der Waals surface area (Å²) in [6.45, 7) is 5.19. The van der Waals surface area contributed by atoms with Crippen LogP contribution in [-0.4, -0.2) is 48.6 Å². The Kier molecular flexibility index (Phi) is 3.48. The van der Waals surface area contributed by atoms with Crippen molar-refractivity contribution >= 4 is 5.82 Å². The van der Waals surface area contributed by atoms with Crippen molar-refractivity contribution in [1.29, 1.82) is 0 Å². The summed E-state index contributed by atoms with van der Waals surface area (Å²) in [4.78, 5) is 9.38. The molecule has 2 N–H and O–H groups in total. The van der Waals surface area contributed by atoms with Gasteiger partial charge in [-0.3, -0.25) is 4.90 Å². The fourth-order valence-corrected chi connectivity index (χ4v) is 2.94. The molecule has 1 saturated heterocycles. The molecule has 3 rings (SSSR count). The first-order valence-corrected chi connectivity index (χ1v) is 6.98. The number of piperazine rings is 1. The van der Waals surface area contributed by atoms with Gasteiger partial charge >= 0.3 is 0 Å². The molecule has 18 heavy (non-hydrogen) atoms. The van der Waals surface area contributed by atoms with Gasteiger partial charge in [-0.25, -0.2) is 4.98 Å². The number of rotatable bonds is 4. The van der Waals surface area contributed by atoms with Gasteiger partial charge < -0.3 is 10.6 Å². The Morgan fingerprint density at radius 3 is 2.56 bits per heavy atom. The standard InChI is InChI=1S/C14H22N4/c15-11-13(12-4-5-12)17-7-9-18(10-8-17)14-3-1-2-6-16-14/h1-3,6,12-13H,4-5,7-11,15H2. The van der Waals surface area contributed by atoms with Crippen LogP contribution in [0.25, 0.3) is 0 Å². The number of nitrogens with two attached hydrogens (primary N) is 1. The number of hydrogen-bond donors (Lipinski definition) is 1. The Morgan fingerprint density at radius 1 is 1.22 bits per heavy atom. The fourth-order valence-electron chi connectivity index (χ4n) is 2.94. The molecule has 1 aliphatic carbocycles. The van der Waals surface area contributed by atoms with E-state index in [2.05, 4.69) is 26.9 Å². The van der Waals surface area contributed by atoms with Crippen LogP contribution < -0.4 is 10.6 Å². The second-order valence-electron chi connectivity index (χ2n) is 5.35. The zero-order valence-corrected chi connectivity index (χ0v) is 10.8. The third-order valence-corrected chi connectivity index (χ3v) is 4.16. The lowest BCUT2D eigenvalue weighted by molar-refractivity contribution is 0.170. The molecule has 4 nitrogen and oxygen atoms in total. The van der Waals surface area contributed by atoms with E-state index in [0.29, 0.717) is 6.04 Å². The van der Waals surface area contributed by atoms with Crippen molar-refractivity contribution in [3.05, 3.63) is 24.4 Å². The molecular formula is C14H22N4. The highest BCUT2D eigenvalue weighted by molar-refractivity contribution is 5.38. The normalized spacial score (nSPS) is 23.1. The zero-order valence-electron chi connectivity index (χ0n) is 10.8. The van der Waals surface area contributed by atoms with Gasteiger partial charge in [-0.1, -0.05) is 6.07 Å². The first-order valence-electron chi connectivity index (χ1n) is 6.98. The Hall–Kier alpha value is -1.13. The van der Waals surface area contributed by atoms with Crippen LogP contribution in [0.3, 0.4) is 0 Å². The fraction of sp³-hybridized carbons (Fsp3) is 0.643. The van der Waals surface area contributed by atoms with Crippen LogP contribution in [-0.2, 0) is 0 Å². The molecule has 1 aliphatic heterocycles. The molecule has 1 unspecified atom stereocenters. The molecule has 1 aromatic heterocycles. The minimum atomic E-state index is 0.621. The highest BCUT2D eigenvalue weighted by atomic mass is 15.3. The highest BCUT2D eigenvalue weighted by Gasteiger charge is 2.35. The second-order valence-corrected chi connectivity index (χ2v) is 5.35. The SMILES string of the molecule is NCC(C1CC1)N1CCN(c2ccccn2)CC1. The third kappa shape index (κ3) is 2.49. The van der Waals surface area contributed by atoms with E-state index < -0.39 is 0 Å². The average Bonchev–Trinajstić information content (AvgIpc) is 3.26. The quantitative estimate of drug-likeness (QED) is 0.859. The molecular weight excluding hydrogens is 224 g/mol. The monoisotopic (exact) mass is 246 g/mol. The second kappa shape index (κ2) is 5.24. The maximum absolute atomic E-state index is 5.92. The van der Waals surface area contributed by atoms with Gasteiger partial charge in [0.2, 0.25) is 0 Å². The average molecular weight is 246 g/mol. The van der Waals surface area contributed by atoms with Gasteiger partial charge in [0.15, 0.2) is 0 Å². The maximum Gasteiger partial charge on any atom is 0.128 e. The number of hydrogen-bond acceptors (Lipinski definition) is 4. The van der Waals surface area contributed by atoms with Crippen LogP contribution in [0, 0.1) is 5.92 Å². The Labute approximate surface area is 109 Å². The number of aromatic nitrogens is 1. The number of nitrogens with zero attached hydrogens (tertiary/aromatic N) is 3. The highest BCUT2D eigenvalue weighted by Crippen LogP contribution is 2.35. The number of pyridine rings is 1. The Balaban J connectivity index is 1.57. The van der Waals surface area contributed by atoms with Crippen LogP contribution >= 0.6 is 0 Å². The summed E-state index contributed by atoms with van der Waals surface area (Å²) in [5.74, 6) is 1.98. The lowest BCUT2D eigenvalue weighted by Crippen LogP contribution is -2.53. The molecule has 1 aromatic rings. The first kappa shape index (κ1) is 11.9. The van der Waals surface area contributed by atoms with Crippen LogP contribution in [0.15, 0.2) is 24.4 Å². The van der Waals surface area contributed by atoms with Gasteiger partial charge in [0.1, 0.15) is 5.82 Å². The van der Waals surface area contributed by atoms with Crippen molar-refractivity contribution in [3.63, 3.8) is 0 Å². The molecule has 1 atom stereocenters. The predicted octanol–water partition coefficient (Wildman–Crippen LogP) is 0.941. The summed E-state index contributed by atoms with van der Waals surface area (Å²) in [6.07, 6.45) is 4.62. The maximum atomic E-state index is 5.92. The van der Waals surface area contributed by atoms with E-state index in [9.17, 15) is 0 Å². The largest absolute Gasteiger partial charge is 0.354 e. The van der Waals surface area contributed by atoms with Crippen molar-refractivity contribution in [2.24, 2.45) is 11.7 Å². The molecule has 0 bridgehead atoms. The summed E-state index contributed by atoms with van der Waals surface area (Å²) in [7, 11) is 0. The van der Waals surface area contributed by atoms with Gasteiger partial charge in [-0.2, -0.15) is 0 Å². The van der Waals surface area contributed by atoms with E-state index in [0.717, 1.165) is 44.5 Å². The molecule has 98 valence electrons. The molecule has 0 spiro atoms. The van der Waals surface area contributed by atoms with Crippen LogP contribution in [0.2, 0.25) is 0 Å². The van der Waals surface area contributed by atoms with E-state index in [1.54, 1.807) is 0 Å². The summed E-state index contributed by atoms with van der Waals surface area (Å²) < 4.78 is 0. The van der Waals surface area contributed by atoms with E-state index in [4.69, 9.17) is 5.73 Å². The van der Waals surface area contributed by atoms with E-state index in [-0.39, 0.29) is 0 Å². The van der Waals surface area contributed by atoms with Gasteiger partial charge in [-0.15, -0.1) is 0 Å². The van der Waals surface area contributed by atoms with Gasteiger partial charge in [-0.05, 0) is 30.9 Å². The van der Waals surface area contributed by atoms with Crippen molar-refractivity contribution < 1.29 is 0 Å². The third-order valence-electron chi connectivity index (χ3n) is 4.16. The van der Waals surface area contributed by atoms with Gasteiger partial charge in [0, 0.05) is 45.0 Å². The summed E-state index contributed by atoms with van der Waals surface area (Å²) in [6, 6.07) is 6.74. The van der Waals surface area contributed by atoms with E-state index >= 15 is 0 Å². The van der Waals surface area contributed by atoms with Crippen LogP contribution in [0.1, 0.15) is 12.8 Å². The molecule has 0 aromatic carbocycles. The predicted molar refractivity (Wildman–Crippen MR) is 73.6 cm³/mol. The smallest absolute Gasteiger partial charge is 0.128 e. The van der Waals surface area contributed by atoms with Crippen molar-refractivity contribution in [2.45, 2.75) is 18.9 Å². The topological polar surface area (TPSA) is 45.4 Å². The summed E-state index contributed by atoms with van der Waals surface area (Å²) in [5.41, 5.74) is 5.92. The van der Waals surface area contributed by atoms with Crippen molar-refractivity contribution in [3.8, 4) is 0 Å². The summed E-state index contributed by atoms with van der Waals surface area (Å²) in [5, 5.41) is 0. The van der Waals surface area contributed by atoms with Crippen LogP contribution in [0.4, 0.5) is 5.82 Å². The molecule has 2 fully saturated rings. The van der Waals surface area contributed by atoms with Gasteiger partial charge in [0.25, 0.3) is 0 Å². The minimum absolute atomic E-state index is 0.621. The molecule has 0 radical (unpaired) electrons. The lowest BCUT2D eigenvalue weighted by atomic mass is 10.1. The molecule has 2 heterocycles. The van der Waals surface area contributed by atoms with Crippen molar-refractivity contribution in [1.82, 2.24) is 9.88 Å². The molecule has 4 heteroatoms. The van der Waals surface area contributed by atoms with Crippen molar-refractivity contribution in [2.75, 3.05) is 37.6 Å². The summed E-state index contributed by atoms with van der Waals surface area (Å²) >= 11 is 0. The van der Waals surface area contributed by atoms with Crippen LogP contribution in [0.5, 0.6) is 0 Å². The lowest BCUT2D eigenvalue weighted by Gasteiger charge is -2.39. The molecule has 0 amide bonds. The Morgan fingerprint density at radius 2 is 2.00 bits per heavy atom.